The lowest BCUT2D eigenvalue weighted by molar-refractivity contribution is -0.137. The quantitative estimate of drug-likeness (QED) is 0.891. The second-order valence-electron chi connectivity index (χ2n) is 5.59. The van der Waals surface area contributed by atoms with Crippen molar-refractivity contribution in [3.8, 4) is 0 Å². The number of carbonyl (C=O) groups is 1. The number of amides is 2. The van der Waals surface area contributed by atoms with Gasteiger partial charge in [-0.2, -0.15) is 13.2 Å². The fourth-order valence-corrected chi connectivity index (χ4v) is 2.77. The Morgan fingerprint density at radius 2 is 2.04 bits per heavy atom. The molecule has 0 unspecified atom stereocenters. The number of halogens is 3. The van der Waals surface area contributed by atoms with Crippen molar-refractivity contribution in [3.63, 3.8) is 0 Å². The number of nitrogens with one attached hydrogen (secondary N) is 1. The molecular formula is C17H17F3N4O. The highest BCUT2D eigenvalue weighted by Crippen LogP contribution is 2.32. The third-order valence-electron chi connectivity index (χ3n) is 4.02. The second-order valence-corrected chi connectivity index (χ2v) is 5.59. The average molecular weight is 350 g/mol. The summed E-state index contributed by atoms with van der Waals surface area (Å²) in [6.45, 7) is 3.79. The zero-order chi connectivity index (χ0) is 18.0. The molecule has 1 aromatic heterocycles. The Kier molecular flexibility index (Phi) is 4.52. The first-order valence-corrected chi connectivity index (χ1v) is 7.86. The Balaban J connectivity index is 1.83. The van der Waals surface area contributed by atoms with Gasteiger partial charge in [0.15, 0.2) is 5.82 Å². The number of pyridine rings is 1. The molecule has 5 nitrogen and oxygen atoms in total. The van der Waals surface area contributed by atoms with Crippen LogP contribution in [0.4, 0.5) is 35.2 Å². The predicted octanol–water partition coefficient (Wildman–Crippen LogP) is 3.98. The third-order valence-corrected chi connectivity index (χ3v) is 4.02. The van der Waals surface area contributed by atoms with E-state index in [2.05, 4.69) is 10.3 Å². The first kappa shape index (κ1) is 17.1. The maximum absolute atomic E-state index is 12.8. The average Bonchev–Trinajstić information content (AvgIpc) is 2.60. The molecule has 0 atom stereocenters. The number of carbonyl (C=O) groups excluding carboxylic acids is 1. The Labute approximate surface area is 143 Å². The van der Waals surface area contributed by atoms with Crippen LogP contribution in [0.15, 0.2) is 42.6 Å². The van der Waals surface area contributed by atoms with Gasteiger partial charge in [-0.05, 0) is 37.3 Å². The van der Waals surface area contributed by atoms with E-state index in [0.29, 0.717) is 24.6 Å². The van der Waals surface area contributed by atoms with Crippen LogP contribution in [0.1, 0.15) is 12.5 Å². The van der Waals surface area contributed by atoms with Crippen molar-refractivity contribution in [3.05, 3.63) is 48.2 Å². The minimum Gasteiger partial charge on any atom is -0.353 e. The first-order valence-electron chi connectivity index (χ1n) is 7.86. The van der Waals surface area contributed by atoms with Crippen LogP contribution in [0.5, 0.6) is 0 Å². The molecule has 2 aromatic rings. The number of urea groups is 1. The molecule has 3 rings (SSSR count). The van der Waals surface area contributed by atoms with Gasteiger partial charge in [-0.15, -0.1) is 0 Å². The summed E-state index contributed by atoms with van der Waals surface area (Å²) in [5, 5.41) is 2.54. The van der Waals surface area contributed by atoms with E-state index in [-0.39, 0.29) is 5.69 Å². The van der Waals surface area contributed by atoms with Crippen molar-refractivity contribution in [2.75, 3.05) is 34.8 Å². The Hall–Kier alpha value is -2.77. The molecule has 1 aromatic carbocycles. The summed E-state index contributed by atoms with van der Waals surface area (Å²) < 4.78 is 38.4. The smallest absolute Gasteiger partial charge is 0.353 e. The van der Waals surface area contributed by atoms with E-state index in [0.717, 1.165) is 18.7 Å². The van der Waals surface area contributed by atoms with Gasteiger partial charge in [0, 0.05) is 31.5 Å². The molecule has 0 radical (unpaired) electrons. The van der Waals surface area contributed by atoms with E-state index < -0.39 is 17.8 Å². The largest absolute Gasteiger partial charge is 0.416 e. The summed E-state index contributed by atoms with van der Waals surface area (Å²) in [4.78, 5) is 20.4. The van der Waals surface area contributed by atoms with Crippen molar-refractivity contribution in [2.24, 2.45) is 0 Å². The topological polar surface area (TPSA) is 48.5 Å². The number of nitrogens with zero attached hydrogens (tertiary/aromatic N) is 3. The van der Waals surface area contributed by atoms with E-state index in [9.17, 15) is 18.0 Å². The van der Waals surface area contributed by atoms with Gasteiger partial charge in [0.05, 0.1) is 11.3 Å². The minimum atomic E-state index is -4.45. The molecule has 0 saturated heterocycles. The molecule has 0 bridgehead atoms. The van der Waals surface area contributed by atoms with Crippen LogP contribution >= 0.6 is 0 Å². The molecule has 1 aliphatic heterocycles. The number of fused-ring (bicyclic) bond motifs is 1. The van der Waals surface area contributed by atoms with E-state index in [1.165, 1.54) is 17.0 Å². The number of anilines is 3. The molecule has 0 aliphatic carbocycles. The van der Waals surface area contributed by atoms with Gasteiger partial charge >= 0.3 is 12.2 Å². The number of hydrogen-bond donors (Lipinski definition) is 1. The van der Waals surface area contributed by atoms with Crippen molar-refractivity contribution in [1.29, 1.82) is 0 Å². The molecule has 25 heavy (non-hydrogen) atoms. The number of benzene rings is 1. The highest BCUT2D eigenvalue weighted by Gasteiger charge is 2.31. The number of rotatable bonds is 2. The van der Waals surface area contributed by atoms with Gasteiger partial charge in [-0.3, -0.25) is 4.90 Å². The van der Waals surface area contributed by atoms with Gasteiger partial charge in [-0.25, -0.2) is 9.78 Å². The molecule has 1 aliphatic rings. The summed E-state index contributed by atoms with van der Waals surface area (Å²) in [6.07, 6.45) is -2.81. The maximum Gasteiger partial charge on any atom is 0.416 e. The van der Waals surface area contributed by atoms with E-state index in [1.54, 1.807) is 18.3 Å². The fourth-order valence-electron chi connectivity index (χ4n) is 2.77. The van der Waals surface area contributed by atoms with Crippen molar-refractivity contribution in [2.45, 2.75) is 13.1 Å². The van der Waals surface area contributed by atoms with E-state index in [1.807, 2.05) is 11.8 Å². The number of likely N-dealkylation sites (N-methyl/N-ethyl adjacent to an activating group) is 1. The van der Waals surface area contributed by atoms with Gasteiger partial charge in [0.25, 0.3) is 0 Å². The highest BCUT2D eigenvalue weighted by molar-refractivity contribution is 6.04. The lowest BCUT2D eigenvalue weighted by Gasteiger charge is -2.36. The normalized spacial score (nSPS) is 14.2. The van der Waals surface area contributed by atoms with Gasteiger partial charge < -0.3 is 10.2 Å². The minimum absolute atomic E-state index is 0.100. The standard InChI is InChI=1S/C17H17F3N4O/c1-2-23-9-10-24(14-7-4-8-21-15(14)23)16(25)22-13-6-3-5-12(11-13)17(18,19)20/h3-8,11H,2,9-10H2,1H3,(H,22,25). The Bertz CT molecular complexity index is 778. The van der Waals surface area contributed by atoms with Crippen molar-refractivity contribution in [1.82, 2.24) is 4.98 Å². The van der Waals surface area contributed by atoms with Crippen molar-refractivity contribution < 1.29 is 18.0 Å². The van der Waals surface area contributed by atoms with Crippen LogP contribution in [0.25, 0.3) is 0 Å². The zero-order valence-electron chi connectivity index (χ0n) is 13.5. The van der Waals surface area contributed by atoms with Crippen LogP contribution in [-0.4, -0.2) is 30.6 Å². The van der Waals surface area contributed by atoms with Gasteiger partial charge in [0.1, 0.15) is 0 Å². The van der Waals surface area contributed by atoms with Crippen LogP contribution in [-0.2, 0) is 6.18 Å². The predicted molar refractivity (Wildman–Crippen MR) is 89.9 cm³/mol. The summed E-state index contributed by atoms with van der Waals surface area (Å²) in [7, 11) is 0. The fraction of sp³-hybridized carbons (Fsp3) is 0.294. The number of alkyl halides is 3. The second kappa shape index (κ2) is 6.62. The highest BCUT2D eigenvalue weighted by atomic mass is 19.4. The molecule has 0 saturated carbocycles. The maximum atomic E-state index is 12.8. The Morgan fingerprint density at radius 3 is 2.76 bits per heavy atom. The lowest BCUT2D eigenvalue weighted by Crippen LogP contribution is -2.46. The molecule has 0 fully saturated rings. The number of hydrogen-bond acceptors (Lipinski definition) is 3. The third kappa shape index (κ3) is 3.52. The van der Waals surface area contributed by atoms with Gasteiger partial charge in [-0.1, -0.05) is 6.07 Å². The van der Waals surface area contributed by atoms with Crippen LogP contribution in [0.2, 0.25) is 0 Å². The molecule has 2 amide bonds. The zero-order valence-corrected chi connectivity index (χ0v) is 13.5. The van der Waals surface area contributed by atoms with Crippen molar-refractivity contribution >= 4 is 23.2 Å². The molecule has 132 valence electrons. The first-order chi connectivity index (χ1) is 11.9. The molecule has 0 spiro atoms. The molecule has 1 N–H and O–H groups in total. The summed E-state index contributed by atoms with van der Waals surface area (Å²) in [5.41, 5.74) is -0.0635. The number of aromatic nitrogens is 1. The summed E-state index contributed by atoms with van der Waals surface area (Å²) >= 11 is 0. The SMILES string of the molecule is CCN1CCN(C(=O)Nc2cccc(C(F)(F)F)c2)c2cccnc21. The monoisotopic (exact) mass is 350 g/mol. The summed E-state index contributed by atoms with van der Waals surface area (Å²) in [5.74, 6) is 0.690. The lowest BCUT2D eigenvalue weighted by atomic mass is 10.2. The van der Waals surface area contributed by atoms with Crippen LogP contribution < -0.4 is 15.1 Å². The van der Waals surface area contributed by atoms with Crippen LogP contribution in [0, 0.1) is 0 Å². The molecule has 8 heteroatoms. The Morgan fingerprint density at radius 1 is 1.24 bits per heavy atom. The molecular weight excluding hydrogens is 333 g/mol. The molecule has 2 heterocycles. The van der Waals surface area contributed by atoms with Crippen LogP contribution in [0.3, 0.4) is 0 Å². The van der Waals surface area contributed by atoms with Gasteiger partial charge in [0.2, 0.25) is 0 Å². The van der Waals surface area contributed by atoms with E-state index in [4.69, 9.17) is 0 Å². The van der Waals surface area contributed by atoms with E-state index >= 15 is 0 Å². The summed E-state index contributed by atoms with van der Waals surface area (Å²) in [6, 6.07) is 7.60.